The first-order valence-corrected chi connectivity index (χ1v) is 15.5. The van der Waals surface area contributed by atoms with Crippen molar-refractivity contribution in [1.82, 2.24) is 14.5 Å². The Hall–Kier alpha value is -2.62. The second-order valence-electron chi connectivity index (χ2n) is 10.0. The molecule has 1 aliphatic carbocycles. The highest BCUT2D eigenvalue weighted by atomic mass is 35.5. The van der Waals surface area contributed by atoms with E-state index in [0.717, 1.165) is 36.4 Å². The molecular formula is C28H33Cl2N3O5S. The summed E-state index contributed by atoms with van der Waals surface area (Å²) in [4.78, 5) is 41.2. The van der Waals surface area contributed by atoms with Crippen LogP contribution in [0.2, 0.25) is 10.0 Å². The molecule has 210 valence electrons. The molecule has 0 spiro atoms. The third kappa shape index (κ3) is 6.58. The number of halogens is 2. The molecule has 1 N–H and O–H groups in total. The Kier molecular flexibility index (Phi) is 9.56. The molecule has 1 saturated carbocycles. The normalized spacial score (nSPS) is 17.5. The van der Waals surface area contributed by atoms with Gasteiger partial charge in [0.05, 0.1) is 5.56 Å². The topological polar surface area (TPSA) is 104 Å². The van der Waals surface area contributed by atoms with E-state index in [1.165, 1.54) is 17.0 Å². The van der Waals surface area contributed by atoms with Crippen molar-refractivity contribution in [3.63, 3.8) is 0 Å². The zero-order valence-electron chi connectivity index (χ0n) is 21.9. The summed E-state index contributed by atoms with van der Waals surface area (Å²) in [6, 6.07) is 10.4. The van der Waals surface area contributed by atoms with Crippen LogP contribution in [-0.2, 0) is 26.2 Å². The van der Waals surface area contributed by atoms with Gasteiger partial charge in [0.2, 0.25) is 11.8 Å². The van der Waals surface area contributed by atoms with Crippen molar-refractivity contribution in [2.24, 2.45) is 0 Å². The monoisotopic (exact) mass is 593 g/mol. The molecule has 1 unspecified atom stereocenters. The number of sulfonamides is 1. The Labute approximate surface area is 239 Å². The van der Waals surface area contributed by atoms with Crippen LogP contribution >= 0.6 is 23.2 Å². The number of benzene rings is 2. The lowest BCUT2D eigenvalue weighted by molar-refractivity contribution is -0.141. The van der Waals surface area contributed by atoms with Gasteiger partial charge in [-0.15, -0.1) is 0 Å². The largest absolute Gasteiger partial charge is 0.352 e. The van der Waals surface area contributed by atoms with Gasteiger partial charge in [0, 0.05) is 35.6 Å². The summed E-state index contributed by atoms with van der Waals surface area (Å²) in [5.41, 5.74) is 0.777. The van der Waals surface area contributed by atoms with Gasteiger partial charge in [-0.2, -0.15) is 0 Å². The molecule has 0 bridgehead atoms. The maximum Gasteiger partial charge on any atom is 0.269 e. The predicted octanol–water partition coefficient (Wildman–Crippen LogP) is 5.17. The van der Waals surface area contributed by atoms with E-state index in [9.17, 15) is 22.8 Å². The van der Waals surface area contributed by atoms with Gasteiger partial charge < -0.3 is 10.2 Å². The third-order valence-electron chi connectivity index (χ3n) is 7.36. The second-order valence-corrected chi connectivity index (χ2v) is 12.7. The summed E-state index contributed by atoms with van der Waals surface area (Å²) in [6.07, 6.45) is 5.57. The smallest absolute Gasteiger partial charge is 0.269 e. The maximum atomic E-state index is 13.6. The minimum absolute atomic E-state index is 0.0224. The molecule has 0 radical (unpaired) electrons. The Morgan fingerprint density at radius 2 is 1.82 bits per heavy atom. The van der Waals surface area contributed by atoms with E-state index in [4.69, 9.17) is 23.2 Å². The van der Waals surface area contributed by atoms with Crippen LogP contribution in [-0.4, -0.2) is 54.0 Å². The number of hydrogen-bond acceptors (Lipinski definition) is 5. The number of rotatable bonds is 10. The number of fused-ring (bicyclic) bond motifs is 1. The lowest BCUT2D eigenvalue weighted by atomic mass is 9.95. The predicted molar refractivity (Wildman–Crippen MR) is 150 cm³/mol. The first kappa shape index (κ1) is 29.4. The van der Waals surface area contributed by atoms with Gasteiger partial charge in [-0.3, -0.25) is 14.4 Å². The maximum absolute atomic E-state index is 13.6. The van der Waals surface area contributed by atoms with Gasteiger partial charge in [-0.05, 0) is 55.5 Å². The highest BCUT2D eigenvalue weighted by molar-refractivity contribution is 7.90. The second kappa shape index (κ2) is 12.7. The average molecular weight is 595 g/mol. The molecule has 2 aromatic rings. The molecule has 1 heterocycles. The molecule has 3 amide bonds. The van der Waals surface area contributed by atoms with Crippen LogP contribution in [0.4, 0.5) is 0 Å². The Balaban J connectivity index is 1.49. The molecule has 0 saturated heterocycles. The zero-order valence-corrected chi connectivity index (χ0v) is 24.2. The van der Waals surface area contributed by atoms with Crippen LogP contribution in [0.1, 0.15) is 74.2 Å². The average Bonchev–Trinajstić information content (AvgIpc) is 3.10. The molecule has 1 aliphatic heterocycles. The van der Waals surface area contributed by atoms with E-state index < -0.39 is 22.0 Å². The first-order valence-electron chi connectivity index (χ1n) is 13.3. The zero-order chi connectivity index (χ0) is 28.2. The van der Waals surface area contributed by atoms with Crippen LogP contribution in [0.5, 0.6) is 0 Å². The summed E-state index contributed by atoms with van der Waals surface area (Å²) >= 11 is 12.5. The molecule has 2 aromatic carbocycles. The van der Waals surface area contributed by atoms with Crippen LogP contribution in [0, 0.1) is 0 Å². The van der Waals surface area contributed by atoms with Crippen molar-refractivity contribution >= 4 is 50.9 Å². The minimum Gasteiger partial charge on any atom is -0.352 e. The van der Waals surface area contributed by atoms with Crippen LogP contribution < -0.4 is 5.32 Å². The van der Waals surface area contributed by atoms with E-state index in [2.05, 4.69) is 5.32 Å². The number of hydrogen-bond donors (Lipinski definition) is 1. The van der Waals surface area contributed by atoms with Gasteiger partial charge in [-0.1, -0.05) is 67.6 Å². The molecule has 4 rings (SSSR count). The van der Waals surface area contributed by atoms with Crippen LogP contribution in [0.15, 0.2) is 47.4 Å². The fraction of sp³-hybridized carbons (Fsp3) is 0.464. The lowest BCUT2D eigenvalue weighted by Crippen LogP contribution is -2.51. The van der Waals surface area contributed by atoms with Crippen molar-refractivity contribution in [2.45, 2.75) is 81.8 Å². The fourth-order valence-corrected chi connectivity index (χ4v) is 7.34. The van der Waals surface area contributed by atoms with Crippen molar-refractivity contribution in [3.05, 3.63) is 63.6 Å². The van der Waals surface area contributed by atoms with Crippen molar-refractivity contribution < 1.29 is 22.8 Å². The van der Waals surface area contributed by atoms with Crippen molar-refractivity contribution in [3.8, 4) is 0 Å². The fourth-order valence-electron chi connectivity index (χ4n) is 5.27. The summed E-state index contributed by atoms with van der Waals surface area (Å²) in [5.74, 6) is -1.13. The van der Waals surface area contributed by atoms with E-state index in [-0.39, 0.29) is 54.2 Å². The summed E-state index contributed by atoms with van der Waals surface area (Å²) in [7, 11) is -3.96. The van der Waals surface area contributed by atoms with E-state index >= 15 is 0 Å². The molecule has 0 aromatic heterocycles. The summed E-state index contributed by atoms with van der Waals surface area (Å²) in [6.45, 7) is 1.81. The number of nitrogens with zero attached hydrogens (tertiary/aromatic N) is 2. The van der Waals surface area contributed by atoms with Gasteiger partial charge in [0.25, 0.3) is 15.9 Å². The Morgan fingerprint density at radius 1 is 1.10 bits per heavy atom. The minimum atomic E-state index is -3.96. The standard InChI is InChI=1S/C28H33Cl2N3O5S/c1-2-24(27(35)31-21-9-4-3-5-10-21)32(18-19-14-15-20(29)17-23(19)30)26(34)13-8-16-33-28(36)22-11-6-7-12-25(22)39(33,37)38/h6-7,11-12,14-15,17,21,24H,2-5,8-10,13,16,18H2,1H3,(H,31,35). The SMILES string of the molecule is CCC(C(=O)NC1CCCCC1)N(Cc1ccc(Cl)cc1Cl)C(=O)CCCN1C(=O)c2ccccc2S1(=O)=O. The summed E-state index contributed by atoms with van der Waals surface area (Å²) < 4.78 is 26.6. The van der Waals surface area contributed by atoms with E-state index in [1.807, 2.05) is 6.92 Å². The Morgan fingerprint density at radius 3 is 2.49 bits per heavy atom. The first-order chi connectivity index (χ1) is 18.6. The van der Waals surface area contributed by atoms with Crippen LogP contribution in [0.3, 0.4) is 0 Å². The van der Waals surface area contributed by atoms with Gasteiger partial charge >= 0.3 is 0 Å². The third-order valence-corrected chi connectivity index (χ3v) is 9.78. The summed E-state index contributed by atoms with van der Waals surface area (Å²) in [5, 5.41) is 3.97. The molecule has 1 atom stereocenters. The Bertz CT molecular complexity index is 1340. The highest BCUT2D eigenvalue weighted by Gasteiger charge is 2.40. The quantitative estimate of drug-likeness (QED) is 0.409. The molecule has 11 heteroatoms. The van der Waals surface area contributed by atoms with E-state index in [1.54, 1.807) is 30.3 Å². The number of carbonyl (C=O) groups excluding carboxylic acids is 3. The number of nitrogens with one attached hydrogen (secondary N) is 1. The van der Waals surface area contributed by atoms with Gasteiger partial charge in [-0.25, -0.2) is 12.7 Å². The molecule has 1 fully saturated rings. The highest BCUT2D eigenvalue weighted by Crippen LogP contribution is 2.30. The van der Waals surface area contributed by atoms with Crippen molar-refractivity contribution in [2.75, 3.05) is 6.54 Å². The number of carbonyl (C=O) groups is 3. The van der Waals surface area contributed by atoms with Crippen LogP contribution in [0.25, 0.3) is 0 Å². The lowest BCUT2D eigenvalue weighted by Gasteiger charge is -2.33. The van der Waals surface area contributed by atoms with E-state index in [0.29, 0.717) is 22.0 Å². The van der Waals surface area contributed by atoms with Gasteiger partial charge in [0.15, 0.2) is 0 Å². The molecule has 2 aliphatic rings. The van der Waals surface area contributed by atoms with Crippen molar-refractivity contribution in [1.29, 1.82) is 0 Å². The molecule has 8 nitrogen and oxygen atoms in total. The number of amides is 3. The molecular weight excluding hydrogens is 561 g/mol. The van der Waals surface area contributed by atoms with Gasteiger partial charge in [0.1, 0.15) is 10.9 Å². The molecule has 39 heavy (non-hydrogen) atoms.